The first kappa shape index (κ1) is 14.7. The van der Waals surface area contributed by atoms with Crippen LogP contribution in [-0.4, -0.2) is 30.8 Å². The van der Waals surface area contributed by atoms with E-state index in [0.717, 1.165) is 31.8 Å². The van der Waals surface area contributed by atoms with Crippen molar-refractivity contribution in [3.63, 3.8) is 0 Å². The van der Waals surface area contributed by atoms with Crippen molar-refractivity contribution in [2.75, 3.05) is 20.8 Å². The van der Waals surface area contributed by atoms with Gasteiger partial charge in [-0.05, 0) is 35.7 Å². The molecular formula is C18H21NO3. The molecule has 0 fully saturated rings. The Hall–Kier alpha value is -2.20. The maximum Gasteiger partial charge on any atom is 0.160 e. The third-order valence-electron chi connectivity index (χ3n) is 4.18. The van der Waals surface area contributed by atoms with Gasteiger partial charge in [0, 0.05) is 25.2 Å². The quantitative estimate of drug-likeness (QED) is 0.942. The first-order valence-corrected chi connectivity index (χ1v) is 7.44. The number of para-hydroxylation sites is 1. The number of fused-ring (bicyclic) bond motifs is 1. The summed E-state index contributed by atoms with van der Waals surface area (Å²) in [5.74, 6) is 1.69. The maximum atomic E-state index is 9.88. The summed E-state index contributed by atoms with van der Waals surface area (Å²) in [7, 11) is 3.29. The Morgan fingerprint density at radius 3 is 2.59 bits per heavy atom. The molecule has 0 radical (unpaired) electrons. The molecule has 0 amide bonds. The van der Waals surface area contributed by atoms with Crippen molar-refractivity contribution in [3.05, 3.63) is 53.1 Å². The Kier molecular flexibility index (Phi) is 4.20. The van der Waals surface area contributed by atoms with Gasteiger partial charge in [0.05, 0.1) is 14.2 Å². The standard InChI is InChI=1S/C18H21NO3/c1-21-17-6-4-3-5-14(17)11-19-8-7-13-9-16(20)18(22-2)10-15(13)12-19/h3-6,9-10,20H,7-8,11-12H2,1-2H3. The molecule has 2 aromatic carbocycles. The van der Waals surface area contributed by atoms with Crippen molar-refractivity contribution < 1.29 is 14.6 Å². The molecule has 3 rings (SSSR count). The third-order valence-corrected chi connectivity index (χ3v) is 4.18. The van der Waals surface area contributed by atoms with Crippen molar-refractivity contribution in [1.82, 2.24) is 4.90 Å². The van der Waals surface area contributed by atoms with E-state index in [0.29, 0.717) is 5.75 Å². The number of hydrogen-bond donors (Lipinski definition) is 1. The minimum absolute atomic E-state index is 0.222. The normalized spacial score (nSPS) is 14.5. The van der Waals surface area contributed by atoms with Crippen LogP contribution in [-0.2, 0) is 19.5 Å². The van der Waals surface area contributed by atoms with Gasteiger partial charge in [-0.2, -0.15) is 0 Å². The fourth-order valence-electron chi connectivity index (χ4n) is 3.01. The second kappa shape index (κ2) is 6.28. The second-order valence-corrected chi connectivity index (χ2v) is 5.57. The predicted molar refractivity (Wildman–Crippen MR) is 85.5 cm³/mol. The summed E-state index contributed by atoms with van der Waals surface area (Å²) in [5, 5.41) is 9.88. The summed E-state index contributed by atoms with van der Waals surface area (Å²) in [6.45, 7) is 2.67. The molecule has 0 spiro atoms. The van der Waals surface area contributed by atoms with Gasteiger partial charge in [0.15, 0.2) is 11.5 Å². The molecule has 2 aromatic rings. The van der Waals surface area contributed by atoms with Crippen LogP contribution in [0, 0.1) is 0 Å². The number of benzene rings is 2. The zero-order chi connectivity index (χ0) is 15.5. The molecule has 22 heavy (non-hydrogen) atoms. The Morgan fingerprint density at radius 1 is 1.05 bits per heavy atom. The van der Waals surface area contributed by atoms with E-state index < -0.39 is 0 Å². The fourth-order valence-corrected chi connectivity index (χ4v) is 3.01. The highest BCUT2D eigenvalue weighted by molar-refractivity contribution is 5.47. The van der Waals surface area contributed by atoms with E-state index in [9.17, 15) is 5.11 Å². The first-order valence-electron chi connectivity index (χ1n) is 7.44. The molecule has 0 aliphatic carbocycles. The highest BCUT2D eigenvalue weighted by atomic mass is 16.5. The Balaban J connectivity index is 1.79. The maximum absolute atomic E-state index is 9.88. The number of aromatic hydroxyl groups is 1. The largest absolute Gasteiger partial charge is 0.504 e. The van der Waals surface area contributed by atoms with E-state index in [1.807, 2.05) is 30.3 Å². The van der Waals surface area contributed by atoms with Crippen LogP contribution >= 0.6 is 0 Å². The lowest BCUT2D eigenvalue weighted by Crippen LogP contribution is -2.30. The lowest BCUT2D eigenvalue weighted by molar-refractivity contribution is 0.240. The van der Waals surface area contributed by atoms with Gasteiger partial charge >= 0.3 is 0 Å². The molecule has 0 unspecified atom stereocenters. The SMILES string of the molecule is COc1cc2c(cc1O)CCN(Cc1ccccc1OC)C2. The highest BCUT2D eigenvalue weighted by Crippen LogP contribution is 2.33. The van der Waals surface area contributed by atoms with Crippen molar-refractivity contribution >= 4 is 0 Å². The molecule has 1 aliphatic heterocycles. The fraction of sp³-hybridized carbons (Fsp3) is 0.333. The number of phenols is 1. The van der Waals surface area contributed by atoms with E-state index in [1.165, 1.54) is 16.7 Å². The molecule has 0 saturated heterocycles. The zero-order valence-electron chi connectivity index (χ0n) is 13.0. The highest BCUT2D eigenvalue weighted by Gasteiger charge is 2.19. The molecular weight excluding hydrogens is 278 g/mol. The minimum atomic E-state index is 0.222. The molecule has 0 saturated carbocycles. The summed E-state index contributed by atoms with van der Waals surface area (Å²) in [6.07, 6.45) is 0.933. The van der Waals surface area contributed by atoms with Gasteiger partial charge in [0.25, 0.3) is 0 Å². The molecule has 4 nitrogen and oxygen atoms in total. The average Bonchev–Trinajstić information content (AvgIpc) is 2.55. The van der Waals surface area contributed by atoms with Crippen LogP contribution in [0.15, 0.2) is 36.4 Å². The monoisotopic (exact) mass is 299 g/mol. The minimum Gasteiger partial charge on any atom is -0.504 e. The van der Waals surface area contributed by atoms with Crippen LogP contribution < -0.4 is 9.47 Å². The summed E-state index contributed by atoms with van der Waals surface area (Å²) >= 11 is 0. The smallest absolute Gasteiger partial charge is 0.160 e. The lowest BCUT2D eigenvalue weighted by atomic mass is 9.98. The molecule has 116 valence electrons. The number of ether oxygens (including phenoxy) is 2. The van der Waals surface area contributed by atoms with Crippen LogP contribution in [0.1, 0.15) is 16.7 Å². The molecule has 1 heterocycles. The first-order chi connectivity index (χ1) is 10.7. The van der Waals surface area contributed by atoms with Crippen molar-refractivity contribution in [1.29, 1.82) is 0 Å². The molecule has 0 aromatic heterocycles. The second-order valence-electron chi connectivity index (χ2n) is 5.57. The zero-order valence-corrected chi connectivity index (χ0v) is 13.0. The Morgan fingerprint density at radius 2 is 1.82 bits per heavy atom. The van der Waals surface area contributed by atoms with Gasteiger partial charge in [-0.15, -0.1) is 0 Å². The van der Waals surface area contributed by atoms with Crippen LogP contribution in [0.25, 0.3) is 0 Å². The number of rotatable bonds is 4. The third kappa shape index (κ3) is 2.88. The van der Waals surface area contributed by atoms with E-state index >= 15 is 0 Å². The Labute approximate surface area is 130 Å². The molecule has 1 N–H and O–H groups in total. The van der Waals surface area contributed by atoms with Gasteiger partial charge in [0.1, 0.15) is 5.75 Å². The number of phenolic OH excluding ortho intramolecular Hbond substituents is 1. The van der Waals surface area contributed by atoms with E-state index in [-0.39, 0.29) is 5.75 Å². The van der Waals surface area contributed by atoms with Gasteiger partial charge in [-0.25, -0.2) is 0 Å². The summed E-state index contributed by atoms with van der Waals surface area (Å²) in [4.78, 5) is 2.39. The molecule has 0 atom stereocenters. The predicted octanol–water partition coefficient (Wildman–Crippen LogP) is 2.97. The van der Waals surface area contributed by atoms with Crippen LogP contribution in [0.5, 0.6) is 17.2 Å². The van der Waals surface area contributed by atoms with Gasteiger partial charge in [-0.1, -0.05) is 18.2 Å². The lowest BCUT2D eigenvalue weighted by Gasteiger charge is -2.29. The van der Waals surface area contributed by atoms with Gasteiger partial charge < -0.3 is 14.6 Å². The van der Waals surface area contributed by atoms with E-state index in [1.54, 1.807) is 14.2 Å². The van der Waals surface area contributed by atoms with Crippen molar-refractivity contribution in [2.45, 2.75) is 19.5 Å². The summed E-state index contributed by atoms with van der Waals surface area (Å²) < 4.78 is 10.6. The van der Waals surface area contributed by atoms with Gasteiger partial charge in [0.2, 0.25) is 0 Å². The topological polar surface area (TPSA) is 41.9 Å². The van der Waals surface area contributed by atoms with Crippen LogP contribution in [0.4, 0.5) is 0 Å². The molecule has 1 aliphatic rings. The summed E-state index contributed by atoms with van der Waals surface area (Å²) in [5.41, 5.74) is 3.62. The molecule has 4 heteroatoms. The summed E-state index contributed by atoms with van der Waals surface area (Å²) in [6, 6.07) is 11.9. The number of hydrogen-bond acceptors (Lipinski definition) is 4. The van der Waals surface area contributed by atoms with Crippen LogP contribution in [0.2, 0.25) is 0 Å². The number of methoxy groups -OCH3 is 2. The Bertz CT molecular complexity index is 669. The van der Waals surface area contributed by atoms with Gasteiger partial charge in [-0.3, -0.25) is 4.90 Å². The number of nitrogens with zero attached hydrogens (tertiary/aromatic N) is 1. The molecule has 0 bridgehead atoms. The van der Waals surface area contributed by atoms with Crippen LogP contribution in [0.3, 0.4) is 0 Å². The van der Waals surface area contributed by atoms with E-state index in [2.05, 4.69) is 11.0 Å². The van der Waals surface area contributed by atoms with Crippen molar-refractivity contribution in [2.24, 2.45) is 0 Å². The van der Waals surface area contributed by atoms with Crippen molar-refractivity contribution in [3.8, 4) is 17.2 Å². The van der Waals surface area contributed by atoms with E-state index in [4.69, 9.17) is 9.47 Å². The average molecular weight is 299 g/mol.